The fraction of sp³-hybridized carbons (Fsp3) is 0.571. The minimum absolute atomic E-state index is 0.0847. The summed E-state index contributed by atoms with van der Waals surface area (Å²) in [6, 6.07) is 9.52. The monoisotopic (exact) mass is 455 g/mol. The maximum atomic E-state index is 12.4. The van der Waals surface area contributed by atoms with E-state index in [1.54, 1.807) is 7.11 Å². The van der Waals surface area contributed by atoms with Gasteiger partial charge in [-0.15, -0.1) is 0 Å². The first-order valence-electron chi connectivity index (χ1n) is 12.7. The first-order valence-corrected chi connectivity index (χ1v) is 12.7. The van der Waals surface area contributed by atoms with Crippen LogP contribution < -0.4 is 19.4 Å². The third kappa shape index (κ3) is 10.3. The number of nitrogens with zero attached hydrogens (tertiary/aromatic N) is 1. The van der Waals surface area contributed by atoms with Crippen molar-refractivity contribution in [2.24, 2.45) is 0 Å². The van der Waals surface area contributed by atoms with Crippen LogP contribution in [0.15, 0.2) is 42.7 Å². The minimum Gasteiger partial charge on any atom is -0.493 e. The van der Waals surface area contributed by atoms with Gasteiger partial charge in [-0.05, 0) is 31.0 Å². The van der Waals surface area contributed by atoms with E-state index in [4.69, 9.17) is 9.47 Å². The topological polar surface area (TPSA) is 51.4 Å². The van der Waals surface area contributed by atoms with Gasteiger partial charge in [0, 0.05) is 18.7 Å². The van der Waals surface area contributed by atoms with Crippen LogP contribution in [0.3, 0.4) is 0 Å². The summed E-state index contributed by atoms with van der Waals surface area (Å²) in [4.78, 5) is 12.4. The Morgan fingerprint density at radius 2 is 1.48 bits per heavy atom. The number of benzene rings is 1. The van der Waals surface area contributed by atoms with Crippen LogP contribution in [0.5, 0.6) is 11.5 Å². The van der Waals surface area contributed by atoms with Gasteiger partial charge >= 0.3 is 0 Å². The Labute approximate surface area is 200 Å². The lowest BCUT2D eigenvalue weighted by Crippen LogP contribution is -2.32. The molecule has 5 nitrogen and oxygen atoms in total. The molecule has 1 aromatic carbocycles. The fourth-order valence-corrected chi connectivity index (χ4v) is 3.82. The predicted molar refractivity (Wildman–Crippen MR) is 134 cm³/mol. The summed E-state index contributed by atoms with van der Waals surface area (Å²) in [5.41, 5.74) is 1.63. The Morgan fingerprint density at radius 1 is 0.848 bits per heavy atom. The number of ether oxygens (including phenoxy) is 2. The molecule has 0 fully saturated rings. The van der Waals surface area contributed by atoms with E-state index in [9.17, 15) is 4.79 Å². The predicted octanol–water partition coefficient (Wildman–Crippen LogP) is 6.23. The van der Waals surface area contributed by atoms with E-state index in [-0.39, 0.29) is 5.91 Å². The molecule has 2 aromatic rings. The summed E-state index contributed by atoms with van der Waals surface area (Å²) in [6.07, 6.45) is 16.9. The minimum atomic E-state index is -0.0847. The van der Waals surface area contributed by atoms with E-state index in [1.165, 1.54) is 57.8 Å². The number of aromatic nitrogens is 1. The average Bonchev–Trinajstić information content (AvgIpc) is 2.86. The molecule has 0 spiro atoms. The summed E-state index contributed by atoms with van der Waals surface area (Å²) < 4.78 is 13.5. The molecule has 33 heavy (non-hydrogen) atoms. The molecular formula is C28H43N2O3+. The molecule has 0 bridgehead atoms. The van der Waals surface area contributed by atoms with Crippen LogP contribution in [-0.2, 0) is 13.1 Å². The van der Waals surface area contributed by atoms with E-state index < -0.39 is 0 Å². The van der Waals surface area contributed by atoms with E-state index in [2.05, 4.69) is 19.2 Å². The number of unbranched alkanes of at least 4 members (excludes halogenated alkanes) is 9. The number of hydrogen-bond donors (Lipinski definition) is 1. The number of hydrogen-bond acceptors (Lipinski definition) is 3. The average molecular weight is 456 g/mol. The standard InChI is InChI=1S/C28H42N2O3/c1-4-6-7-8-9-10-11-12-13-14-21-33-26-16-15-24(22-27(26)32-3)23-29-28(31)25-17-19-30(5-2)20-18-25/h15-20,22H,4-14,21,23H2,1-3H3/p+1. The summed E-state index contributed by atoms with van der Waals surface area (Å²) in [6.45, 7) is 6.36. The van der Waals surface area contributed by atoms with E-state index in [0.717, 1.165) is 24.3 Å². The molecule has 2 rings (SSSR count). The zero-order valence-corrected chi connectivity index (χ0v) is 20.9. The van der Waals surface area contributed by atoms with Crippen LogP contribution in [0, 0.1) is 0 Å². The molecule has 0 aliphatic rings. The van der Waals surface area contributed by atoms with Crippen molar-refractivity contribution < 1.29 is 18.8 Å². The summed E-state index contributed by atoms with van der Waals surface area (Å²) in [5.74, 6) is 1.38. The molecule has 0 unspecified atom stereocenters. The number of aryl methyl sites for hydroxylation is 1. The number of nitrogens with one attached hydrogen (secondary N) is 1. The number of carbonyl (C=O) groups is 1. The largest absolute Gasteiger partial charge is 0.493 e. The van der Waals surface area contributed by atoms with Crippen molar-refractivity contribution in [3.8, 4) is 11.5 Å². The number of methoxy groups -OCH3 is 1. The number of pyridine rings is 1. The Morgan fingerprint density at radius 3 is 2.09 bits per heavy atom. The molecule has 1 N–H and O–H groups in total. The van der Waals surface area contributed by atoms with Crippen molar-refractivity contribution in [2.75, 3.05) is 13.7 Å². The summed E-state index contributed by atoms with van der Waals surface area (Å²) >= 11 is 0. The van der Waals surface area contributed by atoms with Gasteiger partial charge in [0.05, 0.1) is 19.3 Å². The highest BCUT2D eigenvalue weighted by Crippen LogP contribution is 2.28. The van der Waals surface area contributed by atoms with Gasteiger partial charge in [-0.1, -0.05) is 70.8 Å². The van der Waals surface area contributed by atoms with Crippen molar-refractivity contribution in [2.45, 2.75) is 91.1 Å². The molecule has 0 aliphatic heterocycles. The van der Waals surface area contributed by atoms with Gasteiger partial charge in [0.25, 0.3) is 5.91 Å². The highest BCUT2D eigenvalue weighted by atomic mass is 16.5. The van der Waals surface area contributed by atoms with Crippen LogP contribution in [0.4, 0.5) is 0 Å². The van der Waals surface area contributed by atoms with E-state index >= 15 is 0 Å². The van der Waals surface area contributed by atoms with Gasteiger partial charge in [0.1, 0.15) is 6.54 Å². The Balaban J connectivity index is 1.67. The highest BCUT2D eigenvalue weighted by molar-refractivity contribution is 5.93. The van der Waals surface area contributed by atoms with Crippen LogP contribution in [0.25, 0.3) is 0 Å². The summed E-state index contributed by atoms with van der Waals surface area (Å²) in [7, 11) is 1.65. The Kier molecular flexibility index (Phi) is 13.0. The zero-order chi connectivity index (χ0) is 23.7. The first kappa shape index (κ1) is 26.7. The molecule has 1 heterocycles. The normalized spacial score (nSPS) is 10.8. The SMILES string of the molecule is CCCCCCCCCCCCOc1ccc(CNC(=O)c2cc[n+](CC)cc2)cc1OC. The van der Waals surface area contributed by atoms with Crippen molar-refractivity contribution in [3.63, 3.8) is 0 Å². The van der Waals surface area contributed by atoms with Gasteiger partial charge in [-0.2, -0.15) is 0 Å². The van der Waals surface area contributed by atoms with Crippen molar-refractivity contribution in [1.82, 2.24) is 5.32 Å². The van der Waals surface area contributed by atoms with Crippen LogP contribution in [0.2, 0.25) is 0 Å². The molecule has 182 valence electrons. The molecular weight excluding hydrogens is 412 g/mol. The van der Waals surface area contributed by atoms with Gasteiger partial charge in [-0.25, -0.2) is 4.57 Å². The molecule has 5 heteroatoms. The highest BCUT2D eigenvalue weighted by Gasteiger charge is 2.10. The maximum absolute atomic E-state index is 12.4. The molecule has 0 aliphatic carbocycles. The second kappa shape index (κ2) is 16.1. The van der Waals surface area contributed by atoms with Gasteiger partial charge in [0.2, 0.25) is 0 Å². The third-order valence-corrected chi connectivity index (χ3v) is 5.96. The second-order valence-corrected chi connectivity index (χ2v) is 8.62. The first-order chi connectivity index (χ1) is 16.2. The molecule has 0 saturated carbocycles. The second-order valence-electron chi connectivity index (χ2n) is 8.62. The smallest absolute Gasteiger partial charge is 0.252 e. The molecule has 0 radical (unpaired) electrons. The van der Waals surface area contributed by atoms with Crippen LogP contribution in [-0.4, -0.2) is 19.6 Å². The van der Waals surface area contributed by atoms with Gasteiger partial charge in [-0.3, -0.25) is 4.79 Å². The lowest BCUT2D eigenvalue weighted by Gasteiger charge is -2.13. The van der Waals surface area contributed by atoms with Crippen molar-refractivity contribution in [1.29, 1.82) is 0 Å². The quantitative estimate of drug-likeness (QED) is 0.227. The fourth-order valence-electron chi connectivity index (χ4n) is 3.82. The van der Waals surface area contributed by atoms with Crippen molar-refractivity contribution in [3.05, 3.63) is 53.9 Å². The lowest BCUT2D eigenvalue weighted by molar-refractivity contribution is -0.693. The lowest BCUT2D eigenvalue weighted by atomic mass is 10.1. The van der Waals surface area contributed by atoms with Gasteiger partial charge < -0.3 is 14.8 Å². The van der Waals surface area contributed by atoms with E-state index in [1.807, 2.05) is 47.3 Å². The van der Waals surface area contributed by atoms with Gasteiger partial charge in [0.15, 0.2) is 23.9 Å². The molecule has 1 amide bonds. The summed E-state index contributed by atoms with van der Waals surface area (Å²) in [5, 5.41) is 2.97. The molecule has 1 aromatic heterocycles. The number of rotatable bonds is 17. The molecule has 0 atom stereocenters. The Bertz CT molecular complexity index is 805. The maximum Gasteiger partial charge on any atom is 0.252 e. The van der Waals surface area contributed by atoms with Crippen LogP contribution >= 0.6 is 0 Å². The van der Waals surface area contributed by atoms with Crippen molar-refractivity contribution >= 4 is 5.91 Å². The zero-order valence-electron chi connectivity index (χ0n) is 20.9. The van der Waals surface area contributed by atoms with Crippen LogP contribution in [0.1, 0.15) is 94.0 Å². The Hall–Kier alpha value is -2.56. The number of amides is 1. The number of carbonyl (C=O) groups excluding carboxylic acids is 1. The molecule has 0 saturated heterocycles. The third-order valence-electron chi connectivity index (χ3n) is 5.96. The van der Waals surface area contributed by atoms with E-state index in [0.29, 0.717) is 24.5 Å².